The Kier molecular flexibility index (Phi) is 4.75. The van der Waals surface area contributed by atoms with Crippen LogP contribution in [0.2, 0.25) is 0 Å². The SMILES string of the molecule is COc1ccc(C)cc1CSC1CCNCC1. The molecule has 0 spiro atoms. The zero-order chi connectivity index (χ0) is 12.1. The number of hydrogen-bond donors (Lipinski definition) is 1. The Hall–Kier alpha value is -0.670. The van der Waals surface area contributed by atoms with Gasteiger partial charge in [0.1, 0.15) is 5.75 Å². The number of rotatable bonds is 4. The topological polar surface area (TPSA) is 21.3 Å². The molecule has 0 unspecified atom stereocenters. The normalized spacial score (nSPS) is 17.1. The summed E-state index contributed by atoms with van der Waals surface area (Å²) in [6.45, 7) is 4.48. The van der Waals surface area contributed by atoms with Crippen LogP contribution in [0, 0.1) is 6.92 Å². The van der Waals surface area contributed by atoms with Crippen LogP contribution in [0.15, 0.2) is 18.2 Å². The summed E-state index contributed by atoms with van der Waals surface area (Å²) in [7, 11) is 1.75. The van der Waals surface area contributed by atoms with Gasteiger partial charge in [-0.3, -0.25) is 0 Å². The third kappa shape index (κ3) is 3.65. The first-order valence-corrected chi connectivity index (χ1v) is 7.30. The van der Waals surface area contributed by atoms with Crippen molar-refractivity contribution in [2.45, 2.75) is 30.8 Å². The van der Waals surface area contributed by atoms with E-state index < -0.39 is 0 Å². The average molecular weight is 251 g/mol. The summed E-state index contributed by atoms with van der Waals surface area (Å²) in [6.07, 6.45) is 2.58. The lowest BCUT2D eigenvalue weighted by molar-refractivity contribution is 0.411. The third-order valence-corrected chi connectivity index (χ3v) is 4.62. The second-order valence-electron chi connectivity index (χ2n) is 4.58. The zero-order valence-corrected chi connectivity index (χ0v) is 11.5. The molecule has 2 rings (SSSR count). The summed E-state index contributed by atoms with van der Waals surface area (Å²) in [5.41, 5.74) is 2.64. The Morgan fingerprint density at radius 3 is 2.82 bits per heavy atom. The first-order chi connectivity index (χ1) is 8.29. The van der Waals surface area contributed by atoms with Gasteiger partial charge in [-0.15, -0.1) is 0 Å². The lowest BCUT2D eigenvalue weighted by Crippen LogP contribution is -2.29. The van der Waals surface area contributed by atoms with Crippen molar-refractivity contribution in [2.75, 3.05) is 20.2 Å². The summed E-state index contributed by atoms with van der Waals surface area (Å²) in [5.74, 6) is 2.09. The maximum atomic E-state index is 5.41. The zero-order valence-electron chi connectivity index (χ0n) is 10.7. The molecule has 1 fully saturated rings. The molecule has 1 aromatic rings. The summed E-state index contributed by atoms with van der Waals surface area (Å²) < 4.78 is 5.41. The van der Waals surface area contributed by atoms with Crippen molar-refractivity contribution >= 4 is 11.8 Å². The molecule has 1 aliphatic rings. The molecular weight excluding hydrogens is 230 g/mol. The van der Waals surface area contributed by atoms with E-state index in [0.717, 1.165) is 16.8 Å². The molecule has 0 bridgehead atoms. The quantitative estimate of drug-likeness (QED) is 0.889. The van der Waals surface area contributed by atoms with Gasteiger partial charge in [0.05, 0.1) is 7.11 Å². The maximum Gasteiger partial charge on any atom is 0.122 e. The molecule has 17 heavy (non-hydrogen) atoms. The van der Waals surface area contributed by atoms with E-state index in [4.69, 9.17) is 4.74 Å². The number of ether oxygens (including phenoxy) is 1. The number of hydrogen-bond acceptors (Lipinski definition) is 3. The second-order valence-corrected chi connectivity index (χ2v) is 5.86. The minimum atomic E-state index is 0.807. The van der Waals surface area contributed by atoms with E-state index in [0.29, 0.717) is 0 Å². The van der Waals surface area contributed by atoms with Gasteiger partial charge >= 0.3 is 0 Å². The number of aryl methyl sites for hydroxylation is 1. The Bertz CT molecular complexity index is 361. The van der Waals surface area contributed by atoms with Gasteiger partial charge in [-0.05, 0) is 38.9 Å². The van der Waals surface area contributed by atoms with Crippen molar-refractivity contribution in [3.63, 3.8) is 0 Å². The molecule has 0 atom stereocenters. The molecule has 1 N–H and O–H groups in total. The van der Waals surface area contributed by atoms with Crippen molar-refractivity contribution in [3.8, 4) is 5.75 Å². The highest BCUT2D eigenvalue weighted by molar-refractivity contribution is 7.99. The van der Waals surface area contributed by atoms with Crippen molar-refractivity contribution in [1.29, 1.82) is 0 Å². The molecule has 1 aromatic carbocycles. The average Bonchev–Trinajstić information content (AvgIpc) is 2.38. The van der Waals surface area contributed by atoms with Crippen LogP contribution >= 0.6 is 11.8 Å². The monoisotopic (exact) mass is 251 g/mol. The second kappa shape index (κ2) is 6.31. The molecule has 0 radical (unpaired) electrons. The summed E-state index contributed by atoms with van der Waals surface area (Å²) >= 11 is 2.07. The van der Waals surface area contributed by atoms with Gasteiger partial charge < -0.3 is 10.1 Å². The van der Waals surface area contributed by atoms with E-state index in [1.807, 2.05) is 0 Å². The first kappa shape index (κ1) is 12.8. The molecular formula is C14H21NOS. The Morgan fingerprint density at radius 1 is 1.35 bits per heavy atom. The summed E-state index contributed by atoms with van der Waals surface area (Å²) in [6, 6.07) is 6.43. The minimum Gasteiger partial charge on any atom is -0.496 e. The molecule has 0 amide bonds. The number of nitrogens with one attached hydrogen (secondary N) is 1. The fourth-order valence-corrected chi connectivity index (χ4v) is 3.40. The fraction of sp³-hybridized carbons (Fsp3) is 0.571. The number of thioether (sulfide) groups is 1. The van der Waals surface area contributed by atoms with Crippen molar-refractivity contribution in [2.24, 2.45) is 0 Å². The smallest absolute Gasteiger partial charge is 0.122 e. The summed E-state index contributed by atoms with van der Waals surface area (Å²) in [4.78, 5) is 0. The van der Waals surface area contributed by atoms with E-state index in [2.05, 4.69) is 42.2 Å². The van der Waals surface area contributed by atoms with Crippen molar-refractivity contribution < 1.29 is 4.74 Å². The van der Waals surface area contributed by atoms with E-state index in [-0.39, 0.29) is 0 Å². The molecule has 0 saturated carbocycles. The van der Waals surface area contributed by atoms with Crippen LogP contribution in [0.5, 0.6) is 5.75 Å². The largest absolute Gasteiger partial charge is 0.496 e. The van der Waals surface area contributed by atoms with Crippen LogP contribution in [0.4, 0.5) is 0 Å². The molecule has 1 aliphatic heterocycles. The molecule has 2 nitrogen and oxygen atoms in total. The maximum absolute atomic E-state index is 5.41. The van der Waals surface area contributed by atoms with Crippen molar-refractivity contribution in [3.05, 3.63) is 29.3 Å². The predicted molar refractivity (Wildman–Crippen MR) is 74.9 cm³/mol. The number of piperidine rings is 1. The lowest BCUT2D eigenvalue weighted by Gasteiger charge is -2.22. The highest BCUT2D eigenvalue weighted by Gasteiger charge is 2.14. The lowest BCUT2D eigenvalue weighted by atomic mass is 10.1. The van der Waals surface area contributed by atoms with Gasteiger partial charge in [-0.2, -0.15) is 11.8 Å². The first-order valence-electron chi connectivity index (χ1n) is 6.25. The van der Waals surface area contributed by atoms with Crippen molar-refractivity contribution in [1.82, 2.24) is 5.32 Å². The van der Waals surface area contributed by atoms with Crippen LogP contribution in [0.3, 0.4) is 0 Å². The number of benzene rings is 1. The fourth-order valence-electron chi connectivity index (χ4n) is 2.19. The molecule has 1 heterocycles. The van der Waals surface area contributed by atoms with Crippen LogP contribution in [0.1, 0.15) is 24.0 Å². The third-order valence-electron chi connectivity index (χ3n) is 3.20. The minimum absolute atomic E-state index is 0.807. The molecule has 1 saturated heterocycles. The van der Waals surface area contributed by atoms with E-state index in [1.165, 1.54) is 37.1 Å². The molecule has 3 heteroatoms. The van der Waals surface area contributed by atoms with E-state index in [9.17, 15) is 0 Å². The number of methoxy groups -OCH3 is 1. The van der Waals surface area contributed by atoms with E-state index >= 15 is 0 Å². The van der Waals surface area contributed by atoms with Gasteiger partial charge in [0.2, 0.25) is 0 Å². The van der Waals surface area contributed by atoms with Gasteiger partial charge in [-0.25, -0.2) is 0 Å². The molecule has 94 valence electrons. The van der Waals surface area contributed by atoms with Gasteiger partial charge in [0.25, 0.3) is 0 Å². The van der Waals surface area contributed by atoms with Gasteiger partial charge in [-0.1, -0.05) is 17.7 Å². The Morgan fingerprint density at radius 2 is 2.12 bits per heavy atom. The highest BCUT2D eigenvalue weighted by atomic mass is 32.2. The highest BCUT2D eigenvalue weighted by Crippen LogP contribution is 2.29. The summed E-state index contributed by atoms with van der Waals surface area (Å²) in [5, 5.41) is 4.21. The predicted octanol–water partition coefficient (Wildman–Crippen LogP) is 2.99. The van der Waals surface area contributed by atoms with Crippen LogP contribution in [0.25, 0.3) is 0 Å². The molecule has 0 aromatic heterocycles. The van der Waals surface area contributed by atoms with Gasteiger partial charge in [0, 0.05) is 16.6 Å². The van der Waals surface area contributed by atoms with Gasteiger partial charge in [0.15, 0.2) is 0 Å². The molecule has 0 aliphatic carbocycles. The van der Waals surface area contributed by atoms with Crippen LogP contribution < -0.4 is 10.1 Å². The van der Waals surface area contributed by atoms with E-state index in [1.54, 1.807) is 7.11 Å². The van der Waals surface area contributed by atoms with Crippen LogP contribution in [-0.2, 0) is 5.75 Å². The Labute approximate surface area is 108 Å². The Balaban J connectivity index is 1.95. The standard InChI is InChI=1S/C14H21NOS/c1-11-3-4-14(16-2)12(9-11)10-17-13-5-7-15-8-6-13/h3-4,9,13,15H,5-8,10H2,1-2H3. The van der Waals surface area contributed by atoms with Crippen LogP contribution in [-0.4, -0.2) is 25.4 Å².